The standard InChI is InChI=1S/C15H12ClN3OS2/c1-9-2-3-11(10(16)6-9)19-13(20)7-22-15-14-12(4-5-21-14)17-8-18-15/h2-6,8H,7H2,1H3,(H,19,20). The van der Waals surface area contributed by atoms with Crippen molar-refractivity contribution in [1.29, 1.82) is 0 Å². The van der Waals surface area contributed by atoms with E-state index in [-0.39, 0.29) is 11.7 Å². The smallest absolute Gasteiger partial charge is 0.234 e. The number of anilines is 1. The van der Waals surface area contributed by atoms with E-state index in [1.807, 2.05) is 36.6 Å². The largest absolute Gasteiger partial charge is 0.324 e. The van der Waals surface area contributed by atoms with Crippen molar-refractivity contribution < 1.29 is 4.79 Å². The molecule has 0 radical (unpaired) electrons. The zero-order chi connectivity index (χ0) is 15.5. The molecule has 0 aliphatic carbocycles. The van der Waals surface area contributed by atoms with Crippen molar-refractivity contribution in [1.82, 2.24) is 9.97 Å². The van der Waals surface area contributed by atoms with E-state index in [4.69, 9.17) is 11.6 Å². The van der Waals surface area contributed by atoms with Gasteiger partial charge in [-0.1, -0.05) is 29.4 Å². The summed E-state index contributed by atoms with van der Waals surface area (Å²) < 4.78 is 1.01. The number of rotatable bonds is 4. The van der Waals surface area contributed by atoms with E-state index in [0.717, 1.165) is 20.8 Å². The van der Waals surface area contributed by atoms with Crippen LogP contribution in [-0.4, -0.2) is 21.6 Å². The van der Waals surface area contributed by atoms with Crippen LogP contribution in [0, 0.1) is 6.92 Å². The second kappa shape index (κ2) is 6.64. The van der Waals surface area contributed by atoms with Gasteiger partial charge in [0.2, 0.25) is 5.91 Å². The van der Waals surface area contributed by atoms with E-state index >= 15 is 0 Å². The summed E-state index contributed by atoms with van der Waals surface area (Å²) in [5, 5.41) is 6.15. The highest BCUT2D eigenvalue weighted by Gasteiger charge is 2.10. The van der Waals surface area contributed by atoms with Gasteiger partial charge in [0.25, 0.3) is 0 Å². The number of amides is 1. The zero-order valence-corrected chi connectivity index (χ0v) is 14.1. The van der Waals surface area contributed by atoms with Gasteiger partial charge in [-0.05, 0) is 36.1 Å². The van der Waals surface area contributed by atoms with Crippen LogP contribution in [-0.2, 0) is 4.79 Å². The summed E-state index contributed by atoms with van der Waals surface area (Å²) in [5.41, 5.74) is 2.59. The first kappa shape index (κ1) is 15.3. The number of hydrogen-bond donors (Lipinski definition) is 1. The monoisotopic (exact) mass is 349 g/mol. The Hall–Kier alpha value is -1.63. The Kier molecular flexibility index (Phi) is 4.61. The summed E-state index contributed by atoms with van der Waals surface area (Å²) in [4.78, 5) is 20.5. The lowest BCUT2D eigenvalue weighted by Gasteiger charge is -2.07. The molecule has 112 valence electrons. The number of carbonyl (C=O) groups is 1. The lowest BCUT2D eigenvalue weighted by molar-refractivity contribution is -0.113. The molecule has 1 amide bonds. The molecule has 1 aromatic carbocycles. The molecule has 0 fully saturated rings. The van der Waals surface area contributed by atoms with E-state index in [9.17, 15) is 4.79 Å². The van der Waals surface area contributed by atoms with Crippen molar-refractivity contribution in [2.75, 3.05) is 11.1 Å². The number of fused-ring (bicyclic) bond motifs is 1. The Morgan fingerprint density at radius 2 is 2.23 bits per heavy atom. The normalized spacial score (nSPS) is 10.8. The second-order valence-corrected chi connectivity index (χ2v) is 6.92. The lowest BCUT2D eigenvalue weighted by Crippen LogP contribution is -2.14. The Bertz CT molecular complexity index is 835. The van der Waals surface area contributed by atoms with Crippen LogP contribution >= 0.6 is 34.7 Å². The van der Waals surface area contributed by atoms with E-state index in [1.165, 1.54) is 18.1 Å². The van der Waals surface area contributed by atoms with Crippen LogP contribution in [0.15, 0.2) is 41.0 Å². The van der Waals surface area contributed by atoms with Crippen molar-refractivity contribution in [2.45, 2.75) is 11.9 Å². The summed E-state index contributed by atoms with van der Waals surface area (Å²) >= 11 is 9.08. The number of benzene rings is 1. The Labute approximate surface area is 140 Å². The van der Waals surface area contributed by atoms with Crippen LogP contribution in [0.25, 0.3) is 10.2 Å². The molecule has 0 unspecified atom stereocenters. The van der Waals surface area contributed by atoms with Crippen molar-refractivity contribution in [3.63, 3.8) is 0 Å². The van der Waals surface area contributed by atoms with Gasteiger partial charge in [-0.15, -0.1) is 11.3 Å². The number of thiophene rings is 1. The van der Waals surface area contributed by atoms with Gasteiger partial charge in [-0.2, -0.15) is 0 Å². The molecule has 2 heterocycles. The molecular weight excluding hydrogens is 338 g/mol. The topological polar surface area (TPSA) is 54.9 Å². The molecule has 1 N–H and O–H groups in total. The Morgan fingerprint density at radius 1 is 1.36 bits per heavy atom. The number of nitrogens with zero attached hydrogens (tertiary/aromatic N) is 2. The summed E-state index contributed by atoms with van der Waals surface area (Å²) in [7, 11) is 0. The third-order valence-electron chi connectivity index (χ3n) is 2.95. The molecule has 7 heteroatoms. The SMILES string of the molecule is Cc1ccc(NC(=O)CSc2ncnc3ccsc23)c(Cl)c1. The third-order valence-corrected chi connectivity index (χ3v) is 5.29. The number of thioether (sulfide) groups is 1. The van der Waals surface area contributed by atoms with Gasteiger partial charge in [0, 0.05) is 0 Å². The van der Waals surface area contributed by atoms with Gasteiger partial charge in [0.05, 0.1) is 26.7 Å². The molecule has 0 saturated carbocycles. The minimum absolute atomic E-state index is 0.112. The van der Waals surface area contributed by atoms with Crippen LogP contribution in [0.2, 0.25) is 5.02 Å². The summed E-state index contributed by atoms with van der Waals surface area (Å²) in [6.07, 6.45) is 1.52. The Morgan fingerprint density at radius 3 is 3.05 bits per heavy atom. The minimum atomic E-state index is -0.112. The molecule has 2 aromatic heterocycles. The predicted octanol–water partition coefficient (Wildman–Crippen LogP) is 4.38. The summed E-state index contributed by atoms with van der Waals surface area (Å²) in [5.74, 6) is 0.160. The predicted molar refractivity (Wildman–Crippen MR) is 93.0 cm³/mol. The summed E-state index contributed by atoms with van der Waals surface area (Å²) in [6, 6.07) is 7.48. The molecule has 22 heavy (non-hydrogen) atoms. The second-order valence-electron chi connectivity index (χ2n) is 4.63. The van der Waals surface area contributed by atoms with Gasteiger partial charge in [-0.3, -0.25) is 4.79 Å². The first-order valence-electron chi connectivity index (χ1n) is 6.50. The van der Waals surface area contributed by atoms with Crippen LogP contribution in [0.1, 0.15) is 5.56 Å². The number of carbonyl (C=O) groups excluding carboxylic acids is 1. The van der Waals surface area contributed by atoms with Crippen molar-refractivity contribution in [3.8, 4) is 0 Å². The maximum Gasteiger partial charge on any atom is 0.234 e. The van der Waals surface area contributed by atoms with Crippen molar-refractivity contribution in [2.24, 2.45) is 0 Å². The highest BCUT2D eigenvalue weighted by molar-refractivity contribution is 8.00. The molecule has 0 saturated heterocycles. The first-order chi connectivity index (χ1) is 10.6. The van der Waals surface area contributed by atoms with Gasteiger partial charge >= 0.3 is 0 Å². The highest BCUT2D eigenvalue weighted by Crippen LogP contribution is 2.29. The fourth-order valence-electron chi connectivity index (χ4n) is 1.91. The van der Waals surface area contributed by atoms with Crippen LogP contribution < -0.4 is 5.32 Å². The molecule has 3 rings (SSSR count). The van der Waals surface area contributed by atoms with Crippen molar-refractivity contribution in [3.05, 3.63) is 46.6 Å². The molecule has 0 aliphatic rings. The Balaban J connectivity index is 1.66. The fourth-order valence-corrected chi connectivity index (χ4v) is 3.94. The number of hydrogen-bond acceptors (Lipinski definition) is 5. The van der Waals surface area contributed by atoms with Gasteiger partial charge < -0.3 is 5.32 Å². The zero-order valence-electron chi connectivity index (χ0n) is 11.7. The average molecular weight is 350 g/mol. The van der Waals surface area contributed by atoms with Crippen LogP contribution in [0.4, 0.5) is 5.69 Å². The van der Waals surface area contributed by atoms with Crippen molar-refractivity contribution >= 4 is 56.5 Å². The van der Waals surface area contributed by atoms with Gasteiger partial charge in [-0.25, -0.2) is 9.97 Å². The number of halogens is 1. The first-order valence-corrected chi connectivity index (χ1v) is 8.75. The number of aromatic nitrogens is 2. The molecule has 4 nitrogen and oxygen atoms in total. The molecule has 0 aliphatic heterocycles. The average Bonchev–Trinajstić information content (AvgIpc) is 2.97. The van der Waals surface area contributed by atoms with E-state index in [0.29, 0.717) is 10.7 Å². The van der Waals surface area contributed by atoms with E-state index in [1.54, 1.807) is 11.3 Å². The lowest BCUT2D eigenvalue weighted by atomic mass is 10.2. The van der Waals surface area contributed by atoms with E-state index < -0.39 is 0 Å². The molecular formula is C15H12ClN3OS2. The maximum absolute atomic E-state index is 12.1. The number of nitrogens with one attached hydrogen (secondary N) is 1. The van der Waals surface area contributed by atoms with Crippen LogP contribution in [0.5, 0.6) is 0 Å². The molecule has 0 atom stereocenters. The third kappa shape index (κ3) is 3.40. The fraction of sp³-hybridized carbons (Fsp3) is 0.133. The quantitative estimate of drug-likeness (QED) is 0.561. The maximum atomic E-state index is 12.1. The minimum Gasteiger partial charge on any atom is -0.324 e. The van der Waals surface area contributed by atoms with E-state index in [2.05, 4.69) is 15.3 Å². The molecule has 3 aromatic rings. The molecule has 0 spiro atoms. The van der Waals surface area contributed by atoms with Crippen LogP contribution in [0.3, 0.4) is 0 Å². The highest BCUT2D eigenvalue weighted by atomic mass is 35.5. The van der Waals surface area contributed by atoms with Gasteiger partial charge in [0.15, 0.2) is 0 Å². The van der Waals surface area contributed by atoms with Gasteiger partial charge in [0.1, 0.15) is 11.4 Å². The summed E-state index contributed by atoms with van der Waals surface area (Å²) in [6.45, 7) is 1.95. The number of aryl methyl sites for hydroxylation is 1. The molecule has 0 bridgehead atoms.